The summed E-state index contributed by atoms with van der Waals surface area (Å²) in [6.45, 7) is 5.21. The van der Waals surface area contributed by atoms with E-state index in [0.29, 0.717) is 11.1 Å². The summed E-state index contributed by atoms with van der Waals surface area (Å²) in [7, 11) is 0. The Kier molecular flexibility index (Phi) is 7.69. The predicted molar refractivity (Wildman–Crippen MR) is 110 cm³/mol. The van der Waals surface area contributed by atoms with Crippen molar-refractivity contribution >= 4 is 40.3 Å². The zero-order chi connectivity index (χ0) is 21.4. The average Bonchev–Trinajstić information content (AvgIpc) is 3.03. The number of ether oxygens (including phenoxy) is 2. The minimum atomic E-state index is -0.696. The molecule has 0 aliphatic carbocycles. The lowest BCUT2D eigenvalue weighted by molar-refractivity contribution is -0.112. The summed E-state index contributed by atoms with van der Waals surface area (Å²) in [6, 6.07) is 10.7. The normalized spacial score (nSPS) is 10.8. The third kappa shape index (κ3) is 5.30. The predicted octanol–water partition coefficient (Wildman–Crippen LogP) is 3.96. The van der Waals surface area contributed by atoms with Crippen LogP contribution in [0.25, 0.3) is 6.08 Å². The van der Waals surface area contributed by atoms with Gasteiger partial charge in [0.1, 0.15) is 21.5 Å². The van der Waals surface area contributed by atoms with Crippen LogP contribution in [0, 0.1) is 18.3 Å². The zero-order valence-corrected chi connectivity index (χ0v) is 17.1. The molecule has 150 valence electrons. The number of esters is 2. The van der Waals surface area contributed by atoms with E-state index in [-0.39, 0.29) is 34.2 Å². The molecule has 0 atom stereocenters. The van der Waals surface area contributed by atoms with Crippen molar-refractivity contribution in [2.45, 2.75) is 20.8 Å². The minimum Gasteiger partial charge on any atom is -0.462 e. The van der Waals surface area contributed by atoms with Gasteiger partial charge in [-0.2, -0.15) is 5.26 Å². The minimum absolute atomic E-state index is 0.0743. The average molecular weight is 412 g/mol. The van der Waals surface area contributed by atoms with E-state index < -0.39 is 17.8 Å². The quantitative estimate of drug-likeness (QED) is 0.419. The number of benzene rings is 1. The second-order valence-corrected chi connectivity index (χ2v) is 6.76. The van der Waals surface area contributed by atoms with E-state index in [9.17, 15) is 19.6 Å². The number of rotatable bonds is 7. The summed E-state index contributed by atoms with van der Waals surface area (Å²) in [5, 5.41) is 12.1. The number of nitrogens with one attached hydrogen (secondary N) is 1. The number of carbonyl (C=O) groups excluding carboxylic acids is 3. The molecule has 0 aliphatic rings. The van der Waals surface area contributed by atoms with Gasteiger partial charge in [0.25, 0.3) is 5.91 Å². The Hall–Kier alpha value is -3.44. The molecule has 1 amide bonds. The van der Waals surface area contributed by atoms with Gasteiger partial charge < -0.3 is 14.8 Å². The van der Waals surface area contributed by atoms with Crippen LogP contribution in [0.5, 0.6) is 0 Å². The molecule has 0 saturated carbocycles. The summed E-state index contributed by atoms with van der Waals surface area (Å²) in [4.78, 5) is 37.4. The second kappa shape index (κ2) is 10.2. The fourth-order valence-corrected chi connectivity index (χ4v) is 3.56. The van der Waals surface area contributed by atoms with Crippen LogP contribution >= 0.6 is 11.3 Å². The SMILES string of the molecule is CCOC(=O)c1sc(NC(=O)C(C#N)=Cc2ccccc2)c(C(=O)OCC)c1C. The van der Waals surface area contributed by atoms with E-state index in [4.69, 9.17) is 9.47 Å². The molecule has 0 saturated heterocycles. The van der Waals surface area contributed by atoms with Gasteiger partial charge >= 0.3 is 11.9 Å². The van der Waals surface area contributed by atoms with Crippen LogP contribution < -0.4 is 5.32 Å². The van der Waals surface area contributed by atoms with E-state index in [1.807, 2.05) is 12.1 Å². The molecule has 1 heterocycles. The number of hydrogen-bond donors (Lipinski definition) is 1. The number of carbonyl (C=O) groups is 3. The van der Waals surface area contributed by atoms with Crippen LogP contribution in [0.1, 0.15) is 45.0 Å². The van der Waals surface area contributed by atoms with Gasteiger partial charge in [0, 0.05) is 0 Å². The molecule has 1 aromatic carbocycles. The third-order valence-corrected chi connectivity index (χ3v) is 4.98. The number of thiophene rings is 1. The van der Waals surface area contributed by atoms with Crippen LogP contribution in [0.2, 0.25) is 0 Å². The Morgan fingerprint density at radius 2 is 1.72 bits per heavy atom. The molecule has 1 N–H and O–H groups in total. The number of nitriles is 1. The Morgan fingerprint density at radius 1 is 1.10 bits per heavy atom. The first-order valence-electron chi connectivity index (χ1n) is 8.88. The lowest BCUT2D eigenvalue weighted by atomic mass is 10.1. The van der Waals surface area contributed by atoms with Gasteiger partial charge in [-0.05, 0) is 38.0 Å². The van der Waals surface area contributed by atoms with Crippen LogP contribution in [-0.2, 0) is 14.3 Å². The van der Waals surface area contributed by atoms with E-state index in [0.717, 1.165) is 11.3 Å². The van der Waals surface area contributed by atoms with Crippen LogP contribution in [0.4, 0.5) is 5.00 Å². The molecule has 1 aromatic heterocycles. The molecule has 7 nitrogen and oxygen atoms in total. The first-order valence-corrected chi connectivity index (χ1v) is 9.70. The van der Waals surface area contributed by atoms with Gasteiger partial charge in [-0.15, -0.1) is 11.3 Å². The fraction of sp³-hybridized carbons (Fsp3) is 0.238. The summed E-state index contributed by atoms with van der Waals surface area (Å²) < 4.78 is 10.1. The van der Waals surface area contributed by atoms with E-state index in [1.165, 1.54) is 6.08 Å². The zero-order valence-electron chi connectivity index (χ0n) is 16.3. The molecular weight excluding hydrogens is 392 g/mol. The lowest BCUT2D eigenvalue weighted by Crippen LogP contribution is -2.16. The van der Waals surface area contributed by atoms with Crippen molar-refractivity contribution in [3.8, 4) is 6.07 Å². The van der Waals surface area contributed by atoms with Gasteiger partial charge in [0.2, 0.25) is 0 Å². The Morgan fingerprint density at radius 3 is 2.31 bits per heavy atom. The molecule has 0 fully saturated rings. The van der Waals surface area contributed by atoms with Gasteiger partial charge in [0.15, 0.2) is 0 Å². The van der Waals surface area contributed by atoms with Crippen LogP contribution in [0.3, 0.4) is 0 Å². The highest BCUT2D eigenvalue weighted by Gasteiger charge is 2.27. The highest BCUT2D eigenvalue weighted by Crippen LogP contribution is 2.34. The standard InChI is InChI=1S/C21H20N2O5S/c1-4-27-20(25)16-13(3)17(21(26)28-5-2)29-19(16)23-18(24)15(12-22)11-14-9-7-6-8-10-14/h6-11H,4-5H2,1-3H3,(H,23,24). The molecule has 8 heteroatoms. The molecule has 0 aliphatic heterocycles. The van der Waals surface area contributed by atoms with Crippen LogP contribution in [0.15, 0.2) is 35.9 Å². The van der Waals surface area contributed by atoms with Gasteiger partial charge in [-0.1, -0.05) is 30.3 Å². The van der Waals surface area contributed by atoms with Gasteiger partial charge in [-0.3, -0.25) is 4.79 Å². The maximum atomic E-state index is 12.6. The van der Waals surface area contributed by atoms with Crippen molar-refractivity contribution in [1.82, 2.24) is 0 Å². The monoisotopic (exact) mass is 412 g/mol. The molecule has 0 bridgehead atoms. The Balaban J connectivity index is 2.42. The largest absolute Gasteiger partial charge is 0.462 e. The highest BCUT2D eigenvalue weighted by molar-refractivity contribution is 7.18. The van der Waals surface area contributed by atoms with Gasteiger partial charge in [-0.25, -0.2) is 9.59 Å². The molecular formula is C21H20N2O5S. The fourth-order valence-electron chi connectivity index (χ4n) is 2.48. The molecule has 0 unspecified atom stereocenters. The molecule has 0 spiro atoms. The summed E-state index contributed by atoms with van der Waals surface area (Å²) >= 11 is 0.907. The van der Waals surface area contributed by atoms with Crippen molar-refractivity contribution in [2.75, 3.05) is 18.5 Å². The molecule has 2 aromatic rings. The smallest absolute Gasteiger partial charge is 0.348 e. The number of anilines is 1. The number of amides is 1. The maximum absolute atomic E-state index is 12.6. The van der Waals surface area contributed by atoms with E-state index in [1.54, 1.807) is 45.0 Å². The van der Waals surface area contributed by atoms with Crippen molar-refractivity contribution in [2.24, 2.45) is 0 Å². The molecule has 2 rings (SSSR count). The maximum Gasteiger partial charge on any atom is 0.348 e. The number of nitrogens with zero attached hydrogens (tertiary/aromatic N) is 1. The van der Waals surface area contributed by atoms with Crippen molar-refractivity contribution in [3.05, 3.63) is 57.5 Å². The second-order valence-electron chi connectivity index (χ2n) is 5.74. The van der Waals surface area contributed by atoms with Crippen molar-refractivity contribution in [3.63, 3.8) is 0 Å². The molecule has 29 heavy (non-hydrogen) atoms. The Bertz CT molecular complexity index is 986. The van der Waals surface area contributed by atoms with E-state index in [2.05, 4.69) is 5.32 Å². The topological polar surface area (TPSA) is 105 Å². The van der Waals surface area contributed by atoms with Crippen LogP contribution in [-0.4, -0.2) is 31.1 Å². The van der Waals surface area contributed by atoms with Crippen molar-refractivity contribution in [1.29, 1.82) is 5.26 Å². The summed E-state index contributed by atoms with van der Waals surface area (Å²) in [5.74, 6) is -1.96. The highest BCUT2D eigenvalue weighted by atomic mass is 32.1. The summed E-state index contributed by atoms with van der Waals surface area (Å²) in [5.41, 5.74) is 0.965. The molecule has 0 radical (unpaired) electrons. The van der Waals surface area contributed by atoms with Crippen molar-refractivity contribution < 1.29 is 23.9 Å². The van der Waals surface area contributed by atoms with Gasteiger partial charge in [0.05, 0.1) is 18.8 Å². The Labute approximate surface area is 172 Å². The third-order valence-electron chi connectivity index (χ3n) is 3.79. The first-order chi connectivity index (χ1) is 13.9. The summed E-state index contributed by atoms with van der Waals surface area (Å²) in [6.07, 6.45) is 1.44. The van der Waals surface area contributed by atoms with E-state index >= 15 is 0 Å². The lowest BCUT2D eigenvalue weighted by Gasteiger charge is -2.06. The number of hydrogen-bond acceptors (Lipinski definition) is 7. The first kappa shape index (κ1) is 21.9.